The maximum atomic E-state index is 13.5. The van der Waals surface area contributed by atoms with Crippen LogP contribution in [0.4, 0.5) is 4.79 Å². The molecule has 2 heterocycles. The lowest BCUT2D eigenvalue weighted by molar-refractivity contribution is -0.152. The van der Waals surface area contributed by atoms with Crippen molar-refractivity contribution < 1.29 is 9.90 Å². The van der Waals surface area contributed by atoms with Crippen LogP contribution >= 0.6 is 11.6 Å². The average Bonchev–Trinajstić information content (AvgIpc) is 3.14. The highest BCUT2D eigenvalue weighted by atomic mass is 35.5. The van der Waals surface area contributed by atoms with Crippen LogP contribution in [-0.4, -0.2) is 45.7 Å². The number of rotatable bonds is 2. The molecule has 7 rings (SSSR count). The molecule has 1 N–H and O–H groups in total. The number of hydrogen-bond acceptors (Lipinski definition) is 2. The molecule has 1 aromatic rings. The van der Waals surface area contributed by atoms with Gasteiger partial charge in [-0.1, -0.05) is 23.7 Å². The zero-order valence-corrected chi connectivity index (χ0v) is 16.4. The van der Waals surface area contributed by atoms with Crippen LogP contribution in [0, 0.1) is 17.8 Å². The molecule has 2 aliphatic heterocycles. The molecule has 4 aliphatic carbocycles. The van der Waals surface area contributed by atoms with Crippen LogP contribution in [0.3, 0.4) is 0 Å². The second kappa shape index (κ2) is 5.42. The van der Waals surface area contributed by atoms with E-state index < -0.39 is 5.60 Å². The number of benzene rings is 1. The van der Waals surface area contributed by atoms with Gasteiger partial charge in [0.2, 0.25) is 0 Å². The van der Waals surface area contributed by atoms with Gasteiger partial charge in [0.15, 0.2) is 0 Å². The van der Waals surface area contributed by atoms with Gasteiger partial charge in [-0.2, -0.15) is 0 Å². The highest BCUT2D eigenvalue weighted by molar-refractivity contribution is 6.30. The van der Waals surface area contributed by atoms with Crippen molar-refractivity contribution in [2.24, 2.45) is 17.8 Å². The van der Waals surface area contributed by atoms with E-state index >= 15 is 0 Å². The Balaban J connectivity index is 1.35. The number of carbonyl (C=O) groups is 1. The molecule has 2 amide bonds. The van der Waals surface area contributed by atoms with E-state index in [0.29, 0.717) is 23.8 Å². The summed E-state index contributed by atoms with van der Waals surface area (Å²) in [6.45, 7) is 1.65. The van der Waals surface area contributed by atoms with Crippen LogP contribution in [0.1, 0.15) is 50.5 Å². The first-order valence-electron chi connectivity index (χ1n) is 10.5. The Morgan fingerprint density at radius 3 is 2.44 bits per heavy atom. The monoisotopic (exact) mass is 386 g/mol. The number of amides is 2. The molecule has 5 heteroatoms. The smallest absolute Gasteiger partial charge is 0.321 e. The molecule has 0 spiro atoms. The molecule has 6 aliphatic rings. The minimum atomic E-state index is -0.445. The molecule has 3 unspecified atom stereocenters. The first kappa shape index (κ1) is 16.7. The van der Waals surface area contributed by atoms with Gasteiger partial charge in [-0.05, 0) is 80.4 Å². The fourth-order valence-corrected chi connectivity index (χ4v) is 7.80. The van der Waals surface area contributed by atoms with E-state index in [0.717, 1.165) is 50.2 Å². The summed E-state index contributed by atoms with van der Waals surface area (Å²) in [6.07, 6.45) is 7.27. The van der Waals surface area contributed by atoms with E-state index in [4.69, 9.17) is 11.6 Å². The predicted octanol–water partition coefficient (Wildman–Crippen LogP) is 4.01. The lowest BCUT2D eigenvalue weighted by Crippen LogP contribution is -2.62. The zero-order valence-electron chi connectivity index (χ0n) is 15.6. The first-order valence-corrected chi connectivity index (χ1v) is 10.9. The minimum absolute atomic E-state index is 0.187. The van der Waals surface area contributed by atoms with Crippen molar-refractivity contribution in [2.45, 2.75) is 62.1 Å². The van der Waals surface area contributed by atoms with Crippen molar-refractivity contribution in [3.63, 3.8) is 0 Å². The Morgan fingerprint density at radius 1 is 1.07 bits per heavy atom. The van der Waals surface area contributed by atoms with Crippen LogP contribution in [0.2, 0.25) is 5.02 Å². The van der Waals surface area contributed by atoms with Crippen molar-refractivity contribution in [3.05, 3.63) is 34.9 Å². The number of nitrogens with zero attached hydrogens (tertiary/aromatic N) is 2. The van der Waals surface area contributed by atoms with Gasteiger partial charge in [-0.3, -0.25) is 0 Å². The number of carbonyl (C=O) groups excluding carboxylic acids is 1. The Bertz CT molecular complexity index is 780. The third-order valence-electron chi connectivity index (χ3n) is 8.33. The van der Waals surface area contributed by atoms with Crippen molar-refractivity contribution in [3.8, 4) is 0 Å². The summed E-state index contributed by atoms with van der Waals surface area (Å²) in [5.41, 5.74) is 0.593. The summed E-state index contributed by atoms with van der Waals surface area (Å²) in [5.74, 6) is 1.63. The summed E-state index contributed by atoms with van der Waals surface area (Å²) < 4.78 is 0. The molecule has 2 saturated heterocycles. The molecule has 1 aromatic carbocycles. The summed E-state index contributed by atoms with van der Waals surface area (Å²) in [5, 5.41) is 11.7. The third-order valence-corrected chi connectivity index (χ3v) is 8.58. The fourth-order valence-electron chi connectivity index (χ4n) is 7.67. The minimum Gasteiger partial charge on any atom is -0.390 e. The zero-order chi connectivity index (χ0) is 18.4. The summed E-state index contributed by atoms with van der Waals surface area (Å²) in [4.78, 5) is 17.8. The topological polar surface area (TPSA) is 43.8 Å². The van der Waals surface area contributed by atoms with Gasteiger partial charge in [-0.25, -0.2) is 4.79 Å². The second-order valence-electron chi connectivity index (χ2n) is 9.89. The normalized spacial score (nSPS) is 45.0. The molecule has 144 valence electrons. The van der Waals surface area contributed by atoms with Crippen LogP contribution in [-0.2, 0) is 5.54 Å². The molecule has 4 bridgehead atoms. The molecule has 6 fully saturated rings. The third kappa shape index (κ3) is 2.23. The fraction of sp³-hybridized carbons (Fsp3) is 0.682. The van der Waals surface area contributed by atoms with Gasteiger partial charge in [0.1, 0.15) is 0 Å². The van der Waals surface area contributed by atoms with Crippen molar-refractivity contribution in [2.75, 3.05) is 13.1 Å². The molecule has 4 nitrogen and oxygen atoms in total. The van der Waals surface area contributed by atoms with Crippen molar-refractivity contribution in [1.82, 2.24) is 9.80 Å². The molecule has 4 saturated carbocycles. The molecule has 27 heavy (non-hydrogen) atoms. The molecular formula is C22H27ClN2O2. The van der Waals surface area contributed by atoms with E-state index in [1.807, 2.05) is 12.1 Å². The number of aliphatic hydroxyl groups is 1. The SMILES string of the molecule is O=C1N(C2C3CC4CC2CC(O)(C4)C3)CC2(c3ccc(Cl)cc3)CCCN12. The Hall–Kier alpha value is -1.26. The van der Waals surface area contributed by atoms with E-state index in [1.54, 1.807) is 0 Å². The van der Waals surface area contributed by atoms with Crippen LogP contribution in [0.15, 0.2) is 24.3 Å². The van der Waals surface area contributed by atoms with Gasteiger partial charge >= 0.3 is 6.03 Å². The molecule has 0 aromatic heterocycles. The molecular weight excluding hydrogens is 360 g/mol. The highest BCUT2D eigenvalue weighted by Gasteiger charge is 2.61. The van der Waals surface area contributed by atoms with Gasteiger partial charge in [0.05, 0.1) is 17.7 Å². The number of fused-ring (bicyclic) bond motifs is 1. The highest BCUT2D eigenvalue weighted by Crippen LogP contribution is 2.58. The van der Waals surface area contributed by atoms with E-state index in [2.05, 4.69) is 21.9 Å². The van der Waals surface area contributed by atoms with E-state index in [1.165, 1.54) is 18.4 Å². The van der Waals surface area contributed by atoms with Gasteiger partial charge in [0, 0.05) is 17.6 Å². The lowest BCUT2D eigenvalue weighted by Gasteiger charge is -2.59. The number of hydrogen-bond donors (Lipinski definition) is 1. The standard InChI is InChI=1S/C22H27ClN2O2/c23-18-4-2-17(3-5-18)22-6-1-7-25(22)20(26)24(13-22)19-15-8-14-9-16(19)12-21(27,10-14)11-15/h2-5,14-16,19,27H,1,6-13H2. The van der Waals surface area contributed by atoms with Crippen LogP contribution < -0.4 is 0 Å². The van der Waals surface area contributed by atoms with Crippen molar-refractivity contribution in [1.29, 1.82) is 0 Å². The summed E-state index contributed by atoms with van der Waals surface area (Å²) >= 11 is 6.12. The largest absolute Gasteiger partial charge is 0.390 e. The molecule has 0 radical (unpaired) electrons. The van der Waals surface area contributed by atoms with Gasteiger partial charge < -0.3 is 14.9 Å². The van der Waals surface area contributed by atoms with Gasteiger partial charge in [0.25, 0.3) is 0 Å². The number of halogens is 1. The Labute approximate surface area is 165 Å². The maximum Gasteiger partial charge on any atom is 0.321 e. The Morgan fingerprint density at radius 2 is 1.78 bits per heavy atom. The lowest BCUT2D eigenvalue weighted by atomic mass is 9.52. The van der Waals surface area contributed by atoms with E-state index in [-0.39, 0.29) is 11.6 Å². The Kier molecular flexibility index (Phi) is 3.34. The maximum absolute atomic E-state index is 13.5. The molecule has 3 atom stereocenters. The first-order chi connectivity index (χ1) is 13.0. The summed E-state index contributed by atoms with van der Waals surface area (Å²) in [6, 6.07) is 8.67. The van der Waals surface area contributed by atoms with Gasteiger partial charge in [-0.15, -0.1) is 0 Å². The summed E-state index contributed by atoms with van der Waals surface area (Å²) in [7, 11) is 0. The predicted molar refractivity (Wildman–Crippen MR) is 103 cm³/mol. The second-order valence-corrected chi connectivity index (χ2v) is 10.3. The quantitative estimate of drug-likeness (QED) is 0.834. The average molecular weight is 387 g/mol. The van der Waals surface area contributed by atoms with E-state index in [9.17, 15) is 9.90 Å². The van der Waals surface area contributed by atoms with Crippen LogP contribution in [0.25, 0.3) is 0 Å². The number of urea groups is 1. The van der Waals surface area contributed by atoms with Crippen LogP contribution in [0.5, 0.6) is 0 Å². The van der Waals surface area contributed by atoms with Crippen molar-refractivity contribution >= 4 is 17.6 Å².